The van der Waals surface area contributed by atoms with Gasteiger partial charge in [-0.3, -0.25) is 31.5 Å². The van der Waals surface area contributed by atoms with Gasteiger partial charge in [0.05, 0.1) is 24.5 Å². The Morgan fingerprint density at radius 2 is 1.12 bits per heavy atom. The molecule has 14 nitrogen and oxygen atoms in total. The van der Waals surface area contributed by atoms with E-state index in [0.717, 1.165) is 0 Å². The molecule has 0 aliphatic carbocycles. The number of esters is 1. The first-order valence-electron chi connectivity index (χ1n) is 14.5. The standard InChI is InChI=1S/C16H15FN2O3.C15H15FN4O2.C2H6O.H4N2/c1-10(11-3-5-13(17)6-4-11)15(20)19-14-9-12(7-8-18-14)16(21)22-2;1-9(10-2-4-12(16)5-3-10)14(21)19-13-8-11(6-7-18-13)15(22)20-17;1-2-3;1-2/h3-10H,1-2H3,(H,18,19,20);2-9H,17H2,1H3,(H,20,22)(H,18,19,21);3H,2H2,1H3;1-2H2. The quantitative estimate of drug-likeness (QED) is 0.0617. The van der Waals surface area contributed by atoms with Crippen LogP contribution in [0.4, 0.5) is 20.4 Å². The number of anilines is 2. The molecule has 0 aliphatic rings. The van der Waals surface area contributed by atoms with Crippen molar-refractivity contribution in [3.05, 3.63) is 119 Å². The lowest BCUT2D eigenvalue weighted by Crippen LogP contribution is -2.30. The summed E-state index contributed by atoms with van der Waals surface area (Å²) >= 11 is 0. The number of hydrazine groups is 2. The average Bonchev–Trinajstić information content (AvgIpc) is 3.12. The molecule has 0 bridgehead atoms. The third-order valence-corrected chi connectivity index (χ3v) is 6.36. The molecule has 2 heterocycles. The Hall–Kier alpha value is -5.68. The first-order valence-corrected chi connectivity index (χ1v) is 14.5. The molecule has 2 atom stereocenters. The molecule has 0 saturated heterocycles. The number of aromatic nitrogens is 2. The first kappa shape index (κ1) is 41.3. The smallest absolute Gasteiger partial charge is 0.338 e. The minimum absolute atomic E-state index is 0.236. The summed E-state index contributed by atoms with van der Waals surface area (Å²) in [7, 11) is 1.28. The Morgan fingerprint density at radius 1 is 0.755 bits per heavy atom. The second kappa shape index (κ2) is 22.0. The van der Waals surface area contributed by atoms with E-state index in [-0.39, 0.29) is 47.3 Å². The van der Waals surface area contributed by atoms with E-state index in [1.54, 1.807) is 45.0 Å². The van der Waals surface area contributed by atoms with E-state index in [0.29, 0.717) is 16.7 Å². The van der Waals surface area contributed by atoms with Crippen LogP contribution in [0.1, 0.15) is 64.4 Å². The number of hydrogen-bond donors (Lipinski definition) is 7. The number of carbonyl (C=O) groups is 4. The lowest BCUT2D eigenvalue weighted by Gasteiger charge is -2.12. The highest BCUT2D eigenvalue weighted by atomic mass is 19.1. The van der Waals surface area contributed by atoms with Crippen molar-refractivity contribution in [2.24, 2.45) is 17.5 Å². The summed E-state index contributed by atoms with van der Waals surface area (Å²) in [6.07, 6.45) is 2.80. The van der Waals surface area contributed by atoms with E-state index in [1.807, 2.05) is 5.43 Å². The molecule has 2 aromatic carbocycles. The number of benzene rings is 2. The van der Waals surface area contributed by atoms with Crippen LogP contribution in [0.3, 0.4) is 0 Å². The highest BCUT2D eigenvalue weighted by Crippen LogP contribution is 2.19. The molecule has 0 aliphatic heterocycles. The fourth-order valence-corrected chi connectivity index (χ4v) is 3.74. The van der Waals surface area contributed by atoms with E-state index < -0.39 is 23.7 Å². The normalized spacial score (nSPS) is 10.9. The summed E-state index contributed by atoms with van der Waals surface area (Å²) in [5.41, 5.74) is 3.93. The van der Waals surface area contributed by atoms with Crippen LogP contribution in [0.25, 0.3) is 0 Å². The minimum Gasteiger partial charge on any atom is -0.465 e. The zero-order valence-electron chi connectivity index (χ0n) is 27.3. The number of aliphatic hydroxyl groups is 1. The molecular weight excluding hydrogens is 642 g/mol. The lowest BCUT2D eigenvalue weighted by molar-refractivity contribution is -0.118. The largest absolute Gasteiger partial charge is 0.465 e. The van der Waals surface area contributed by atoms with Gasteiger partial charge in [-0.15, -0.1) is 0 Å². The fraction of sp³-hybridized carbons (Fsp3) is 0.212. The van der Waals surface area contributed by atoms with Gasteiger partial charge < -0.3 is 20.5 Å². The van der Waals surface area contributed by atoms with Crippen LogP contribution >= 0.6 is 0 Å². The summed E-state index contributed by atoms with van der Waals surface area (Å²) in [5, 5.41) is 12.8. The number of methoxy groups -OCH3 is 1. The molecule has 0 saturated carbocycles. The molecule has 4 rings (SSSR count). The third-order valence-electron chi connectivity index (χ3n) is 6.36. The monoisotopic (exact) mass is 682 g/mol. The summed E-state index contributed by atoms with van der Waals surface area (Å²) in [5.74, 6) is 10.2. The van der Waals surface area contributed by atoms with Crippen LogP contribution < -0.4 is 33.6 Å². The maximum atomic E-state index is 12.9. The predicted octanol–water partition coefficient (Wildman–Crippen LogP) is 3.13. The topological polar surface area (TPSA) is 238 Å². The highest BCUT2D eigenvalue weighted by Gasteiger charge is 2.18. The molecular formula is C33H40F2N8O6. The fourth-order valence-electron chi connectivity index (χ4n) is 3.74. The number of nitrogens with zero attached hydrogens (tertiary/aromatic N) is 2. The molecule has 3 amide bonds. The van der Waals surface area contributed by atoms with Gasteiger partial charge in [0.2, 0.25) is 11.8 Å². The van der Waals surface area contributed by atoms with Crippen molar-refractivity contribution in [2.75, 3.05) is 24.4 Å². The van der Waals surface area contributed by atoms with Gasteiger partial charge >= 0.3 is 5.97 Å². The van der Waals surface area contributed by atoms with Gasteiger partial charge in [-0.2, -0.15) is 0 Å². The van der Waals surface area contributed by atoms with Crippen molar-refractivity contribution in [3.8, 4) is 0 Å². The maximum Gasteiger partial charge on any atom is 0.338 e. The number of nitrogens with one attached hydrogen (secondary N) is 3. The molecule has 49 heavy (non-hydrogen) atoms. The Kier molecular flexibility index (Phi) is 18.6. The Bertz CT molecular complexity index is 1520. The molecule has 2 unspecified atom stereocenters. The summed E-state index contributed by atoms with van der Waals surface area (Å²) in [4.78, 5) is 55.2. The van der Waals surface area contributed by atoms with Crippen molar-refractivity contribution in [1.82, 2.24) is 15.4 Å². The number of amides is 3. The van der Waals surface area contributed by atoms with Gasteiger partial charge in [0.25, 0.3) is 5.91 Å². The first-order chi connectivity index (χ1) is 23.4. The van der Waals surface area contributed by atoms with Crippen molar-refractivity contribution in [2.45, 2.75) is 32.6 Å². The van der Waals surface area contributed by atoms with Gasteiger partial charge in [0.1, 0.15) is 23.3 Å². The van der Waals surface area contributed by atoms with Crippen molar-refractivity contribution in [3.63, 3.8) is 0 Å². The molecule has 16 heteroatoms. The number of ether oxygens (including phenoxy) is 1. The van der Waals surface area contributed by atoms with Crippen molar-refractivity contribution >= 4 is 35.3 Å². The summed E-state index contributed by atoms with van der Waals surface area (Å²) in [6.45, 7) is 5.33. The van der Waals surface area contributed by atoms with Gasteiger partial charge in [-0.05, 0) is 80.4 Å². The number of rotatable bonds is 8. The van der Waals surface area contributed by atoms with Crippen LogP contribution in [0.15, 0.2) is 85.2 Å². The lowest BCUT2D eigenvalue weighted by atomic mass is 10.0. The zero-order chi connectivity index (χ0) is 36.9. The van der Waals surface area contributed by atoms with Gasteiger partial charge in [-0.1, -0.05) is 24.3 Å². The molecule has 4 aromatic rings. The van der Waals surface area contributed by atoms with Gasteiger partial charge in [-0.25, -0.2) is 29.4 Å². The molecule has 262 valence electrons. The van der Waals surface area contributed by atoms with Crippen molar-refractivity contribution in [1.29, 1.82) is 0 Å². The van der Waals surface area contributed by atoms with Crippen LogP contribution in [0.5, 0.6) is 0 Å². The zero-order valence-corrected chi connectivity index (χ0v) is 27.3. The van der Waals surface area contributed by atoms with E-state index in [4.69, 9.17) is 10.9 Å². The summed E-state index contributed by atoms with van der Waals surface area (Å²) < 4.78 is 30.4. The maximum absolute atomic E-state index is 12.9. The summed E-state index contributed by atoms with van der Waals surface area (Å²) in [6, 6.07) is 17.2. The molecule has 2 aromatic heterocycles. The predicted molar refractivity (Wildman–Crippen MR) is 179 cm³/mol. The molecule has 0 fully saturated rings. The highest BCUT2D eigenvalue weighted by molar-refractivity contribution is 5.98. The van der Waals surface area contributed by atoms with Crippen LogP contribution in [-0.2, 0) is 14.3 Å². The minimum atomic E-state index is -0.510. The molecule has 0 radical (unpaired) electrons. The van der Waals surface area contributed by atoms with Gasteiger partial charge in [0.15, 0.2) is 0 Å². The number of hydrogen-bond acceptors (Lipinski definition) is 11. The van der Waals surface area contributed by atoms with Gasteiger partial charge in [0, 0.05) is 24.6 Å². The van der Waals surface area contributed by atoms with Crippen LogP contribution in [0, 0.1) is 11.6 Å². The van der Waals surface area contributed by atoms with E-state index in [1.165, 1.54) is 68.0 Å². The van der Waals surface area contributed by atoms with E-state index >= 15 is 0 Å². The van der Waals surface area contributed by atoms with Crippen molar-refractivity contribution < 1.29 is 37.8 Å². The Balaban J connectivity index is 0.000000433. The second-order valence-electron chi connectivity index (χ2n) is 9.67. The van der Waals surface area contributed by atoms with Crippen LogP contribution in [-0.4, -0.2) is 52.5 Å². The number of nitrogens with two attached hydrogens (primary N) is 3. The third kappa shape index (κ3) is 13.9. The number of halogens is 2. The number of carbonyl (C=O) groups excluding carboxylic acids is 4. The Labute approximate surface area is 282 Å². The number of pyridine rings is 2. The number of nitrogen functional groups attached to an aromatic ring is 1. The average molecular weight is 683 g/mol. The van der Waals surface area contributed by atoms with E-state index in [2.05, 4.69) is 37.0 Å². The van der Waals surface area contributed by atoms with Crippen LogP contribution in [0.2, 0.25) is 0 Å². The second-order valence-corrected chi connectivity index (χ2v) is 9.67. The Morgan fingerprint density at radius 3 is 1.49 bits per heavy atom. The number of aliphatic hydroxyl groups excluding tert-OH is 1. The molecule has 10 N–H and O–H groups in total. The molecule has 0 spiro atoms. The SMILES string of the molecule is CC(C(=O)Nc1cc(C(=O)NN)ccn1)c1ccc(F)cc1.CCO.COC(=O)c1ccnc(NC(=O)C(C)c2ccc(F)cc2)c1.NN. The van der Waals surface area contributed by atoms with E-state index in [9.17, 15) is 28.0 Å².